The topological polar surface area (TPSA) is 135 Å². The van der Waals surface area contributed by atoms with Gasteiger partial charge in [0.2, 0.25) is 10.0 Å². The van der Waals surface area contributed by atoms with Crippen LogP contribution in [0.2, 0.25) is 0 Å². The number of pyridine rings is 1. The molecule has 0 fully saturated rings. The van der Waals surface area contributed by atoms with Crippen molar-refractivity contribution in [1.29, 1.82) is 0 Å². The van der Waals surface area contributed by atoms with E-state index in [2.05, 4.69) is 10.3 Å². The lowest BCUT2D eigenvalue weighted by Crippen LogP contribution is -2.40. The van der Waals surface area contributed by atoms with Gasteiger partial charge in [-0.05, 0) is 65.6 Å². The molecule has 4 aromatic rings. The number of hydrogen-bond donors (Lipinski definition) is 3. The first-order chi connectivity index (χ1) is 19.7. The second kappa shape index (κ2) is 12.2. The second-order valence-corrected chi connectivity index (χ2v) is 11.3. The number of ether oxygens (including phenoxy) is 1. The molecule has 3 aromatic carbocycles. The lowest BCUT2D eigenvalue weighted by Gasteiger charge is -2.18. The van der Waals surface area contributed by atoms with Crippen LogP contribution in [-0.2, 0) is 27.4 Å². The highest BCUT2D eigenvalue weighted by molar-refractivity contribution is 7.89. The second-order valence-electron chi connectivity index (χ2n) is 9.57. The Kier molecular flexibility index (Phi) is 8.83. The number of aromatic hydroxyl groups is 1. The molecule has 9 nitrogen and oxygen atoms in total. The zero-order valence-electron chi connectivity index (χ0n) is 22.4. The van der Waals surface area contributed by atoms with Gasteiger partial charge < -0.3 is 15.2 Å². The summed E-state index contributed by atoms with van der Waals surface area (Å²) in [5.41, 5.74) is 0.190. The van der Waals surface area contributed by atoms with E-state index < -0.39 is 39.6 Å². The number of alkyl halides is 3. The van der Waals surface area contributed by atoms with E-state index in [0.717, 1.165) is 30.0 Å². The third-order valence-electron chi connectivity index (χ3n) is 6.21. The van der Waals surface area contributed by atoms with Crippen molar-refractivity contribution in [2.24, 2.45) is 0 Å². The molecule has 0 spiro atoms. The van der Waals surface area contributed by atoms with Crippen LogP contribution in [0.4, 0.5) is 13.2 Å². The molecule has 0 saturated heterocycles. The Morgan fingerprint density at radius 2 is 1.67 bits per heavy atom. The van der Waals surface area contributed by atoms with Gasteiger partial charge in [-0.25, -0.2) is 18.1 Å². The molecule has 0 radical (unpaired) electrons. The number of aromatic nitrogens is 1. The number of carbonyl (C=O) groups is 2. The Morgan fingerprint density at radius 3 is 2.31 bits per heavy atom. The summed E-state index contributed by atoms with van der Waals surface area (Å²) in [4.78, 5) is 30.7. The van der Waals surface area contributed by atoms with Crippen molar-refractivity contribution in [2.75, 3.05) is 20.0 Å². The van der Waals surface area contributed by atoms with Gasteiger partial charge in [-0.15, -0.1) is 0 Å². The van der Waals surface area contributed by atoms with Gasteiger partial charge in [-0.2, -0.15) is 13.2 Å². The minimum atomic E-state index is -4.57. The summed E-state index contributed by atoms with van der Waals surface area (Å²) in [5.74, 6) is -1.63. The van der Waals surface area contributed by atoms with Crippen LogP contribution in [0.15, 0.2) is 72.8 Å². The summed E-state index contributed by atoms with van der Waals surface area (Å²) < 4.78 is 70.6. The van der Waals surface area contributed by atoms with Crippen molar-refractivity contribution in [3.05, 3.63) is 95.2 Å². The Hall–Kier alpha value is -4.49. The fraction of sp³-hybridized carbons (Fsp3) is 0.207. The maximum Gasteiger partial charge on any atom is 0.416 e. The van der Waals surface area contributed by atoms with E-state index in [1.807, 2.05) is 4.72 Å². The highest BCUT2D eigenvalue weighted by atomic mass is 32.2. The minimum Gasteiger partial charge on any atom is -0.508 e. The molecular formula is C29H26F3N3O6S. The lowest BCUT2D eigenvalue weighted by molar-refractivity contribution is -0.137. The quantitative estimate of drug-likeness (QED) is 0.260. The summed E-state index contributed by atoms with van der Waals surface area (Å²) in [5, 5.41) is 12.4. The molecule has 0 aliphatic rings. The van der Waals surface area contributed by atoms with Crippen LogP contribution in [0, 0.1) is 0 Å². The summed E-state index contributed by atoms with van der Waals surface area (Å²) in [6, 6.07) is 15.9. The number of nitrogens with zero attached hydrogens (tertiary/aromatic N) is 1. The molecule has 1 heterocycles. The third-order valence-corrected chi connectivity index (χ3v) is 6.76. The van der Waals surface area contributed by atoms with Crippen LogP contribution in [0.5, 0.6) is 5.75 Å². The van der Waals surface area contributed by atoms with Crippen LogP contribution in [0.1, 0.15) is 32.0 Å². The Bertz CT molecular complexity index is 1740. The number of amides is 2. The van der Waals surface area contributed by atoms with Crippen molar-refractivity contribution >= 4 is 32.7 Å². The predicted octanol–water partition coefficient (Wildman–Crippen LogP) is 4.30. The Balaban J connectivity index is 1.74. The molecule has 13 heteroatoms. The van der Waals surface area contributed by atoms with E-state index in [1.165, 1.54) is 49.6 Å². The summed E-state index contributed by atoms with van der Waals surface area (Å²) in [6.45, 7) is 0.127. The number of fused-ring (bicyclic) bond motifs is 1. The van der Waals surface area contributed by atoms with Gasteiger partial charge in [0.15, 0.2) is 0 Å². The number of nitrogens with one attached hydrogen (secondary N) is 2. The molecular weight excluding hydrogens is 575 g/mol. The smallest absolute Gasteiger partial charge is 0.416 e. The molecule has 42 heavy (non-hydrogen) atoms. The van der Waals surface area contributed by atoms with Crippen LogP contribution in [0.3, 0.4) is 0 Å². The molecule has 1 aromatic heterocycles. The molecule has 0 aliphatic carbocycles. The van der Waals surface area contributed by atoms with Crippen LogP contribution in [-0.4, -0.2) is 56.3 Å². The van der Waals surface area contributed by atoms with E-state index in [9.17, 15) is 36.3 Å². The van der Waals surface area contributed by atoms with E-state index >= 15 is 0 Å². The average Bonchev–Trinajstić information content (AvgIpc) is 2.92. The maximum atomic E-state index is 13.3. The number of methoxy groups -OCH3 is 1. The summed E-state index contributed by atoms with van der Waals surface area (Å²) in [6.07, 6.45) is -3.44. The molecule has 4 rings (SSSR count). The molecule has 220 valence electrons. The molecule has 1 atom stereocenters. The highest BCUT2D eigenvalue weighted by Gasteiger charge is 2.30. The van der Waals surface area contributed by atoms with Crippen molar-refractivity contribution in [1.82, 2.24) is 15.0 Å². The molecule has 0 unspecified atom stereocenters. The lowest BCUT2D eigenvalue weighted by atomic mass is 9.98. The number of rotatable bonds is 9. The summed E-state index contributed by atoms with van der Waals surface area (Å²) in [7, 11) is -2.54. The van der Waals surface area contributed by atoms with E-state index in [0.29, 0.717) is 12.0 Å². The van der Waals surface area contributed by atoms with E-state index in [4.69, 9.17) is 4.74 Å². The zero-order valence-corrected chi connectivity index (χ0v) is 23.2. The SMILES string of the molecule is COC[C@H](Cc1ccc(O)cc1)NC(=O)c1cc(C(=O)NS(C)(=O)=O)c2cc(-c3cccc(C(F)(F)F)c3)ccc2n1. The standard InChI is InChI=1S/C29H26F3N3O6S/c1-41-16-21(12-17-6-9-22(36)10-7-17)33-28(38)26-15-24(27(37)35-42(2,39)40)23-14-19(8-11-25(23)34-26)18-4-3-5-20(13-18)29(30,31)32/h3-11,13-15,21,36H,12,16H2,1-2H3,(H,33,38)(H,35,37)/t21-/m0/s1. The van der Waals surface area contributed by atoms with Gasteiger partial charge in [0.25, 0.3) is 11.8 Å². The van der Waals surface area contributed by atoms with Crippen molar-refractivity contribution < 1.29 is 41.0 Å². The zero-order chi connectivity index (χ0) is 30.7. The van der Waals surface area contributed by atoms with E-state index in [1.54, 1.807) is 12.1 Å². The number of hydrogen-bond acceptors (Lipinski definition) is 7. The molecule has 0 aliphatic heterocycles. The monoisotopic (exact) mass is 601 g/mol. The molecule has 0 saturated carbocycles. The Morgan fingerprint density at radius 1 is 0.976 bits per heavy atom. The predicted molar refractivity (Wildman–Crippen MR) is 149 cm³/mol. The minimum absolute atomic E-state index is 0.0857. The van der Waals surface area contributed by atoms with Gasteiger partial charge in [0, 0.05) is 12.5 Å². The normalized spacial score (nSPS) is 12.6. The number of sulfonamides is 1. The molecule has 2 amide bonds. The van der Waals surface area contributed by atoms with Crippen LogP contribution in [0.25, 0.3) is 22.0 Å². The number of phenolic OH excluding ortho intramolecular Hbond substituents is 1. The maximum absolute atomic E-state index is 13.3. The van der Waals surface area contributed by atoms with Crippen LogP contribution < -0.4 is 10.0 Å². The first-order valence-corrected chi connectivity index (χ1v) is 14.3. The number of carbonyl (C=O) groups excluding carboxylic acids is 2. The van der Waals surface area contributed by atoms with Crippen molar-refractivity contribution in [3.8, 4) is 16.9 Å². The fourth-order valence-corrected chi connectivity index (χ4v) is 4.78. The van der Waals surface area contributed by atoms with Gasteiger partial charge in [0.05, 0.1) is 35.5 Å². The fourth-order valence-electron chi connectivity index (χ4n) is 4.34. The number of halogens is 3. The highest BCUT2D eigenvalue weighted by Crippen LogP contribution is 2.33. The largest absolute Gasteiger partial charge is 0.508 e. The third kappa shape index (κ3) is 7.62. The van der Waals surface area contributed by atoms with Crippen molar-refractivity contribution in [3.63, 3.8) is 0 Å². The first-order valence-electron chi connectivity index (χ1n) is 12.5. The number of phenols is 1. The summed E-state index contributed by atoms with van der Waals surface area (Å²) >= 11 is 0. The molecule has 0 bridgehead atoms. The van der Waals surface area contributed by atoms with E-state index in [-0.39, 0.29) is 40.1 Å². The number of benzene rings is 3. The van der Waals surface area contributed by atoms with Crippen molar-refractivity contribution in [2.45, 2.75) is 18.6 Å². The Labute approximate surface area is 239 Å². The van der Waals surface area contributed by atoms with Gasteiger partial charge in [0.1, 0.15) is 11.4 Å². The van der Waals surface area contributed by atoms with Gasteiger partial charge >= 0.3 is 6.18 Å². The average molecular weight is 602 g/mol. The molecule has 3 N–H and O–H groups in total. The first kappa shape index (κ1) is 30.5. The van der Waals surface area contributed by atoms with Gasteiger partial charge in [-0.3, -0.25) is 9.59 Å². The van der Waals surface area contributed by atoms with Crippen LogP contribution >= 0.6 is 0 Å². The van der Waals surface area contributed by atoms with Gasteiger partial charge in [-0.1, -0.05) is 30.3 Å².